The van der Waals surface area contributed by atoms with Gasteiger partial charge in [0.05, 0.1) is 18.2 Å². The van der Waals surface area contributed by atoms with Crippen LogP contribution in [0.5, 0.6) is 0 Å². The Hall–Kier alpha value is -2.66. The fourth-order valence-corrected chi connectivity index (χ4v) is 4.21. The van der Waals surface area contributed by atoms with Crippen LogP contribution in [0.2, 0.25) is 0 Å². The molecule has 2 heterocycles. The molecule has 0 atom stereocenters. The van der Waals surface area contributed by atoms with Gasteiger partial charge in [-0.1, -0.05) is 44.2 Å². The second kappa shape index (κ2) is 8.57. The Morgan fingerprint density at radius 3 is 2.36 bits per heavy atom. The largest absolute Gasteiger partial charge is 0.465 e. The van der Waals surface area contributed by atoms with Gasteiger partial charge in [0.15, 0.2) is 0 Å². The highest BCUT2D eigenvalue weighted by Crippen LogP contribution is 2.45. The molecule has 0 aliphatic carbocycles. The molecule has 5 heteroatoms. The number of fused-ring (bicyclic) bond motifs is 2. The Morgan fingerprint density at radius 2 is 1.71 bits per heavy atom. The Balaban J connectivity index is 0.00000109. The van der Waals surface area contributed by atoms with Gasteiger partial charge in [0, 0.05) is 12.1 Å². The first-order valence-electron chi connectivity index (χ1n) is 9.95. The predicted molar refractivity (Wildman–Crippen MR) is 109 cm³/mol. The molecular weight excluding hydrogens is 352 g/mol. The van der Waals surface area contributed by atoms with E-state index in [9.17, 15) is 9.59 Å². The molecule has 4 rings (SSSR count). The number of rotatable bonds is 3. The third-order valence-electron chi connectivity index (χ3n) is 5.57. The predicted octanol–water partition coefficient (Wildman–Crippen LogP) is 3.73. The number of nitrogens with zero attached hydrogens (tertiary/aromatic N) is 1. The van der Waals surface area contributed by atoms with Gasteiger partial charge in [-0.05, 0) is 55.3 Å². The third kappa shape index (κ3) is 3.42. The normalized spacial score (nSPS) is 17.0. The van der Waals surface area contributed by atoms with Crippen molar-refractivity contribution in [2.75, 3.05) is 20.2 Å². The number of esters is 1. The van der Waals surface area contributed by atoms with E-state index < -0.39 is 0 Å². The summed E-state index contributed by atoms with van der Waals surface area (Å²) in [5, 5.41) is 3.40. The van der Waals surface area contributed by atoms with Crippen LogP contribution in [0.1, 0.15) is 58.5 Å². The first-order valence-corrected chi connectivity index (χ1v) is 9.95. The number of piperidine rings is 1. The molecule has 0 saturated carbocycles. The molecule has 1 spiro atoms. The lowest BCUT2D eigenvalue weighted by Gasteiger charge is -2.42. The summed E-state index contributed by atoms with van der Waals surface area (Å²) in [5.41, 5.74) is 3.26. The van der Waals surface area contributed by atoms with E-state index >= 15 is 0 Å². The Bertz CT molecular complexity index is 839. The topological polar surface area (TPSA) is 58.6 Å². The minimum atomic E-state index is -0.351. The molecular formula is C23H28N2O3. The third-order valence-corrected chi connectivity index (χ3v) is 5.57. The van der Waals surface area contributed by atoms with Crippen molar-refractivity contribution in [1.29, 1.82) is 0 Å². The van der Waals surface area contributed by atoms with E-state index in [1.54, 1.807) is 12.1 Å². The summed E-state index contributed by atoms with van der Waals surface area (Å²) in [6.07, 6.45) is 1.83. The van der Waals surface area contributed by atoms with E-state index in [1.165, 1.54) is 7.11 Å². The van der Waals surface area contributed by atoms with Crippen LogP contribution in [-0.4, -0.2) is 37.0 Å². The maximum atomic E-state index is 13.1. The molecule has 28 heavy (non-hydrogen) atoms. The summed E-state index contributed by atoms with van der Waals surface area (Å²) in [6.45, 7) is 6.34. The smallest absolute Gasteiger partial charge is 0.337 e. The number of benzene rings is 2. The van der Waals surface area contributed by atoms with Gasteiger partial charge in [0.1, 0.15) is 0 Å². The number of methoxy groups -OCH3 is 1. The number of carbonyl (C=O) groups is 2. The fourth-order valence-electron chi connectivity index (χ4n) is 4.21. The van der Waals surface area contributed by atoms with Gasteiger partial charge in [0.25, 0.3) is 5.91 Å². The van der Waals surface area contributed by atoms with Crippen molar-refractivity contribution in [3.63, 3.8) is 0 Å². The van der Waals surface area contributed by atoms with E-state index in [2.05, 4.69) is 11.4 Å². The van der Waals surface area contributed by atoms with Crippen LogP contribution in [0, 0.1) is 0 Å². The average molecular weight is 380 g/mol. The van der Waals surface area contributed by atoms with Crippen LogP contribution in [0.15, 0.2) is 48.5 Å². The number of carbonyl (C=O) groups excluding carboxylic acids is 2. The standard InChI is InChI=1S/C21H22N2O3.C2H6/c1-26-20(25)16-8-6-15(7-9-16)14-23-19(24)17-4-2-3-5-18(17)21(23)10-12-22-13-11-21;1-2/h2-9,22H,10-14H2,1H3;1-2H3. The minimum Gasteiger partial charge on any atom is -0.465 e. The molecule has 1 saturated heterocycles. The number of hydrogen-bond donors (Lipinski definition) is 1. The first-order chi connectivity index (χ1) is 13.7. The van der Waals surface area contributed by atoms with Crippen molar-refractivity contribution in [3.8, 4) is 0 Å². The fraction of sp³-hybridized carbons (Fsp3) is 0.391. The van der Waals surface area contributed by atoms with E-state index in [-0.39, 0.29) is 17.4 Å². The number of ether oxygens (including phenoxy) is 1. The Morgan fingerprint density at radius 1 is 1.07 bits per heavy atom. The highest BCUT2D eigenvalue weighted by molar-refractivity contribution is 6.00. The van der Waals surface area contributed by atoms with Gasteiger partial charge in [-0.2, -0.15) is 0 Å². The molecule has 2 aromatic rings. The van der Waals surface area contributed by atoms with Gasteiger partial charge < -0.3 is 15.0 Å². The van der Waals surface area contributed by atoms with Gasteiger partial charge in [-0.15, -0.1) is 0 Å². The maximum Gasteiger partial charge on any atom is 0.337 e. The average Bonchev–Trinajstić information content (AvgIpc) is 2.98. The van der Waals surface area contributed by atoms with E-state index in [0.29, 0.717) is 12.1 Å². The van der Waals surface area contributed by atoms with Crippen molar-refractivity contribution < 1.29 is 14.3 Å². The second-order valence-electron chi connectivity index (χ2n) is 6.91. The maximum absolute atomic E-state index is 13.1. The zero-order chi connectivity index (χ0) is 20.1. The molecule has 0 radical (unpaired) electrons. The quantitative estimate of drug-likeness (QED) is 0.825. The SMILES string of the molecule is CC.COC(=O)c1ccc(CN2C(=O)c3ccccc3C23CCNCC3)cc1. The highest BCUT2D eigenvalue weighted by atomic mass is 16.5. The molecule has 0 aromatic heterocycles. The summed E-state index contributed by atoms with van der Waals surface area (Å²) in [7, 11) is 1.37. The lowest BCUT2D eigenvalue weighted by Crippen LogP contribution is -2.49. The van der Waals surface area contributed by atoms with Crippen molar-refractivity contribution in [3.05, 3.63) is 70.8 Å². The summed E-state index contributed by atoms with van der Waals surface area (Å²) < 4.78 is 4.75. The first kappa shape index (κ1) is 20.1. The van der Waals surface area contributed by atoms with E-state index in [4.69, 9.17) is 4.74 Å². The van der Waals surface area contributed by atoms with E-state index in [1.807, 2.05) is 49.1 Å². The summed E-state index contributed by atoms with van der Waals surface area (Å²) in [5.74, 6) is -0.254. The zero-order valence-corrected chi connectivity index (χ0v) is 16.8. The molecule has 1 N–H and O–H groups in total. The van der Waals surface area contributed by atoms with Gasteiger partial charge >= 0.3 is 5.97 Å². The monoisotopic (exact) mass is 380 g/mol. The summed E-state index contributed by atoms with van der Waals surface area (Å²) >= 11 is 0. The van der Waals surface area contributed by atoms with Gasteiger partial charge in [-0.3, -0.25) is 4.79 Å². The van der Waals surface area contributed by atoms with Crippen LogP contribution < -0.4 is 5.32 Å². The van der Waals surface area contributed by atoms with Crippen LogP contribution in [0.25, 0.3) is 0 Å². The second-order valence-corrected chi connectivity index (χ2v) is 6.91. The molecule has 2 aromatic carbocycles. The Kier molecular flexibility index (Phi) is 6.15. The van der Waals surface area contributed by atoms with Crippen LogP contribution in [-0.2, 0) is 16.8 Å². The molecule has 5 nitrogen and oxygen atoms in total. The molecule has 1 fully saturated rings. The zero-order valence-electron chi connectivity index (χ0n) is 16.8. The molecule has 0 unspecified atom stereocenters. The molecule has 1 amide bonds. The Labute approximate surface area is 166 Å². The minimum absolute atomic E-state index is 0.0968. The summed E-state index contributed by atoms with van der Waals surface area (Å²) in [4.78, 5) is 26.8. The lowest BCUT2D eigenvalue weighted by molar-refractivity contribution is 0.0412. The van der Waals surface area contributed by atoms with Crippen molar-refractivity contribution in [2.24, 2.45) is 0 Å². The van der Waals surface area contributed by atoms with Crippen LogP contribution in [0.3, 0.4) is 0 Å². The van der Waals surface area contributed by atoms with Gasteiger partial charge in [0.2, 0.25) is 0 Å². The van der Waals surface area contributed by atoms with Crippen molar-refractivity contribution >= 4 is 11.9 Å². The number of hydrogen-bond acceptors (Lipinski definition) is 4. The number of nitrogens with one attached hydrogen (secondary N) is 1. The van der Waals surface area contributed by atoms with Gasteiger partial charge in [-0.25, -0.2) is 4.79 Å². The van der Waals surface area contributed by atoms with Crippen LogP contribution in [0.4, 0.5) is 0 Å². The molecule has 148 valence electrons. The van der Waals surface area contributed by atoms with E-state index in [0.717, 1.165) is 42.6 Å². The van der Waals surface area contributed by atoms with Crippen molar-refractivity contribution in [2.45, 2.75) is 38.8 Å². The molecule has 2 aliphatic rings. The molecule has 2 aliphatic heterocycles. The summed E-state index contributed by atoms with van der Waals surface area (Å²) in [6, 6.07) is 15.3. The number of amides is 1. The molecule has 0 bridgehead atoms. The lowest BCUT2D eigenvalue weighted by atomic mass is 9.81. The highest BCUT2D eigenvalue weighted by Gasteiger charge is 2.49. The van der Waals surface area contributed by atoms with Crippen molar-refractivity contribution in [1.82, 2.24) is 10.2 Å². The van der Waals surface area contributed by atoms with Crippen LogP contribution >= 0.6 is 0 Å².